The zero-order chi connectivity index (χ0) is 66.8. The van der Waals surface area contributed by atoms with Gasteiger partial charge in [0.15, 0.2) is 0 Å². The van der Waals surface area contributed by atoms with Crippen molar-refractivity contribution in [1.29, 1.82) is 0 Å². The first kappa shape index (κ1) is 87.9. The Kier molecular flexibility index (Phi) is 48.0. The smallest absolute Gasteiger partial charge is 0.457 e. The van der Waals surface area contributed by atoms with Gasteiger partial charge in [-0.15, -0.1) is 20.5 Å². The summed E-state index contributed by atoms with van der Waals surface area (Å²) >= 11 is 0. The van der Waals surface area contributed by atoms with Crippen molar-refractivity contribution >= 4 is 72.9 Å². The molecule has 0 saturated carbocycles. The summed E-state index contributed by atoms with van der Waals surface area (Å²) in [5, 5.41) is 0. The van der Waals surface area contributed by atoms with E-state index >= 15 is 0 Å². The molecule has 12 rings (SSSR count). The van der Waals surface area contributed by atoms with Gasteiger partial charge >= 0.3 is 17.1 Å². The summed E-state index contributed by atoms with van der Waals surface area (Å²) in [4.78, 5) is 47.5. The van der Waals surface area contributed by atoms with Crippen LogP contribution in [0, 0.1) is 20.5 Å². The van der Waals surface area contributed by atoms with Gasteiger partial charge in [0.1, 0.15) is 0 Å². The van der Waals surface area contributed by atoms with Crippen LogP contribution in [0.1, 0.15) is 66.8 Å². The topological polar surface area (TPSA) is 471 Å². The van der Waals surface area contributed by atoms with Crippen molar-refractivity contribution in [2.24, 2.45) is 0 Å². The van der Waals surface area contributed by atoms with Crippen molar-refractivity contribution in [3.63, 3.8) is 0 Å². The van der Waals surface area contributed by atoms with Crippen LogP contribution in [0.2, 0.25) is 0 Å². The van der Waals surface area contributed by atoms with Crippen LogP contribution in [-0.4, -0.2) is 59.8 Å². The van der Waals surface area contributed by atoms with E-state index in [1.807, 2.05) is 146 Å². The first-order valence-corrected chi connectivity index (χ1v) is 30.3. The van der Waals surface area contributed by atoms with Gasteiger partial charge in [-0.3, -0.25) is 59.8 Å². The molecule has 0 saturated heterocycles. The average Bonchev–Trinajstić information content (AvgIpc) is 2.13. The van der Waals surface area contributed by atoms with Crippen molar-refractivity contribution in [2.45, 2.75) is 0 Å². The maximum absolute atomic E-state index is 8.49. The largest absolute Gasteiger partial charge is 2.00 e. The first-order valence-electron chi connectivity index (χ1n) is 27.8. The first-order chi connectivity index (χ1) is 45.7. The summed E-state index contributed by atoms with van der Waals surface area (Å²) < 4.78 is 67.9. The molecule has 0 unspecified atom stereocenters. The summed E-state index contributed by atoms with van der Waals surface area (Å²) in [5.41, 5.74) is 13.8. The summed E-state index contributed by atoms with van der Waals surface area (Å²) in [7, 11) is -9.89. The molecule has 12 aromatic rings. The fraction of sp³-hybridized carbons (Fsp3) is 0. The van der Waals surface area contributed by atoms with Crippen LogP contribution in [-0.2, 0) is 39.0 Å². The Hall–Kier alpha value is -11.1. The number of nitrogens with zero attached hydrogens (tertiary/aromatic N) is 12. The van der Waals surface area contributed by atoms with Gasteiger partial charge in [-0.05, 0) is 212 Å². The molecule has 12 aromatic heterocycles. The third-order valence-electron chi connectivity index (χ3n) is 11.3. The van der Waals surface area contributed by atoms with Gasteiger partial charge in [-0.2, -0.15) is 0 Å². The van der Waals surface area contributed by atoms with E-state index in [1.165, 1.54) is 0 Å². The number of halogens is 2. The van der Waals surface area contributed by atoms with Crippen molar-refractivity contribution in [1.82, 2.24) is 59.8 Å². The fourth-order valence-corrected chi connectivity index (χ4v) is 6.85. The molecule has 0 aliphatic rings. The molecular formula is C72H72Cl2MnN12O12+4. The number of aromatic nitrogens is 12. The molecule has 0 atom stereocenters. The van der Waals surface area contributed by atoms with E-state index < -0.39 is 20.5 Å². The van der Waals surface area contributed by atoms with Crippen molar-refractivity contribution < 1.29 is 96.7 Å². The maximum atomic E-state index is 8.49. The number of pyridine rings is 12. The van der Waals surface area contributed by atoms with E-state index in [0.29, 0.717) is 0 Å². The Balaban J connectivity index is 0.00000112. The second kappa shape index (κ2) is 54.0. The molecule has 0 spiro atoms. The average molecular weight is 1420 g/mol. The monoisotopic (exact) mass is 1420 g/mol. The van der Waals surface area contributed by atoms with Gasteiger partial charge in [0, 0.05) is 149 Å². The van der Waals surface area contributed by atoms with E-state index in [2.05, 4.69) is 133 Å². The number of rotatable bonds is 12. The molecule has 0 aromatic carbocycles. The molecule has 0 fully saturated rings. The zero-order valence-corrected chi connectivity index (χ0v) is 55.4. The summed E-state index contributed by atoms with van der Waals surface area (Å²) in [6, 6.07) is 47.3. The van der Waals surface area contributed by atoms with Gasteiger partial charge in [0.25, 0.3) is 0 Å². The van der Waals surface area contributed by atoms with E-state index in [4.69, 9.17) is 37.3 Å². The van der Waals surface area contributed by atoms with Crippen molar-refractivity contribution in [3.05, 3.63) is 361 Å². The second-order valence-electron chi connectivity index (χ2n) is 18.1. The fourth-order valence-electron chi connectivity index (χ4n) is 6.85. The Morgan fingerprint density at radius 1 is 0.152 bits per heavy atom. The molecule has 12 heterocycles. The molecular weight excluding hydrogens is 1350 g/mol. The minimum absolute atomic E-state index is 0. The molecule has 0 amide bonds. The minimum atomic E-state index is -4.94. The Morgan fingerprint density at radius 3 is 0.253 bits per heavy atom. The molecule has 12 N–H and O–H groups in total. The summed E-state index contributed by atoms with van der Waals surface area (Å²) in [6.07, 6.45) is 67.4. The molecule has 1 radical (unpaired) electrons. The Labute approximate surface area is 587 Å². The molecule has 27 heteroatoms. The van der Waals surface area contributed by atoms with E-state index in [1.54, 1.807) is 149 Å². The quantitative estimate of drug-likeness (QED) is 0.125. The third kappa shape index (κ3) is 47.4. The normalized spacial score (nSPS) is 10.2. The van der Waals surface area contributed by atoms with Crippen LogP contribution in [0.3, 0.4) is 0 Å². The van der Waals surface area contributed by atoms with Crippen LogP contribution in [0.5, 0.6) is 0 Å². The van der Waals surface area contributed by atoms with Crippen molar-refractivity contribution in [2.75, 3.05) is 0 Å². The Morgan fingerprint density at radius 2 is 0.202 bits per heavy atom. The Bertz CT molecular complexity index is 3110. The summed E-state index contributed by atoms with van der Waals surface area (Å²) in [5.74, 6) is 0. The van der Waals surface area contributed by atoms with Crippen LogP contribution in [0.15, 0.2) is 294 Å². The summed E-state index contributed by atoms with van der Waals surface area (Å²) in [6.45, 7) is 0. The van der Waals surface area contributed by atoms with Crippen LogP contribution >= 0.6 is 0 Å². The molecule has 509 valence electrons. The van der Waals surface area contributed by atoms with Gasteiger partial charge < -0.3 is 21.9 Å². The second-order valence-corrected chi connectivity index (χ2v) is 19.6. The maximum Gasteiger partial charge on any atom is 2.00 e. The molecule has 0 aliphatic carbocycles. The van der Waals surface area contributed by atoms with Crippen LogP contribution < -0.4 is 37.3 Å². The van der Waals surface area contributed by atoms with Gasteiger partial charge in [0.2, 0.25) is 0 Å². The van der Waals surface area contributed by atoms with E-state index in [-0.39, 0.29) is 39.0 Å². The minimum Gasteiger partial charge on any atom is -0.457 e. The standard InChI is InChI=1S/6C12H10N2.2ClHO4.Mn.4H2O/c6*1(11-3-7-13-8-4-11)2-12-5-9-14-10-6-12;2*2-1(3,4)5;;;;;/h6*1-10H;2*(H,2,3,4,5);;4*1H2/q;;;;;;;;+2;;;;/p+2/b6*2-1+;;;;;;;. The van der Waals surface area contributed by atoms with E-state index in [0.717, 1.165) is 66.8 Å². The SMILES string of the molecule is C(=C\c1ccncc1)/c1ccncc1.C(=C\c1ccncc1)/c1ccncc1.C(=C\c1ccncc1)/c1ccncc1.C(=C\c1ccncc1)/c1ccncc1.C(=C\c1ccncc1)/c1ccncc1.C(=C\c1ccncc1)/c1ccncc1.[Mn+2].[O-][Cl+3]([O-])([O-])[O-].[O-][Cl+3]([O-])([O-])[O-].[OH3+].[OH3+].[OH3+].[OH3+]. The molecule has 0 bridgehead atoms. The third-order valence-corrected chi connectivity index (χ3v) is 11.3. The van der Waals surface area contributed by atoms with Crippen LogP contribution in [0.4, 0.5) is 0 Å². The predicted molar refractivity (Wildman–Crippen MR) is 364 cm³/mol. The number of hydrogen-bond donors (Lipinski definition) is 0. The van der Waals surface area contributed by atoms with Crippen molar-refractivity contribution in [3.8, 4) is 0 Å². The molecule has 99 heavy (non-hydrogen) atoms. The van der Waals surface area contributed by atoms with Crippen LogP contribution in [0.25, 0.3) is 72.9 Å². The predicted octanol–water partition coefficient (Wildman–Crippen LogP) is 2.68. The van der Waals surface area contributed by atoms with Gasteiger partial charge in [0.05, 0.1) is 0 Å². The zero-order valence-electron chi connectivity index (χ0n) is 52.7. The van der Waals surface area contributed by atoms with E-state index in [9.17, 15) is 0 Å². The molecule has 24 nitrogen and oxygen atoms in total. The van der Waals surface area contributed by atoms with Gasteiger partial charge in [-0.25, -0.2) is 37.3 Å². The molecule has 0 aliphatic heterocycles. The number of hydrogen-bond acceptors (Lipinski definition) is 20. The van der Waals surface area contributed by atoms with Gasteiger partial charge in [-0.1, -0.05) is 72.9 Å².